The van der Waals surface area contributed by atoms with Gasteiger partial charge in [-0.25, -0.2) is 4.79 Å². The maximum atomic E-state index is 12.6. The van der Waals surface area contributed by atoms with Crippen molar-refractivity contribution < 1.29 is 14.1 Å². The molecule has 0 radical (unpaired) electrons. The van der Waals surface area contributed by atoms with Crippen LogP contribution < -0.4 is 5.32 Å². The first-order valence-corrected chi connectivity index (χ1v) is 8.26. The van der Waals surface area contributed by atoms with Gasteiger partial charge < -0.3 is 9.84 Å². The summed E-state index contributed by atoms with van der Waals surface area (Å²) in [6, 6.07) is 8.80. The summed E-state index contributed by atoms with van der Waals surface area (Å²) in [5.74, 6) is 0.535. The topological polar surface area (TPSA) is 75.4 Å². The Morgan fingerprint density at radius 2 is 1.92 bits per heavy atom. The monoisotopic (exact) mass is 327 g/mol. The first-order valence-electron chi connectivity index (χ1n) is 8.26. The van der Waals surface area contributed by atoms with Gasteiger partial charge >= 0.3 is 6.03 Å². The molecule has 1 N–H and O–H groups in total. The molecule has 3 rings (SSSR count). The molecule has 0 unspecified atom stereocenters. The molecule has 6 nitrogen and oxygen atoms in total. The SMILES string of the molecule is CCc1noc(CC)c1CN1C(=O)N[C@@H](Cc2ccccc2)C1=O. The number of aromatic nitrogens is 1. The fourth-order valence-corrected chi connectivity index (χ4v) is 2.99. The minimum atomic E-state index is -0.519. The van der Waals surface area contributed by atoms with E-state index < -0.39 is 6.04 Å². The van der Waals surface area contributed by atoms with Gasteiger partial charge in [0.1, 0.15) is 11.8 Å². The average molecular weight is 327 g/mol. The molecule has 1 aromatic carbocycles. The van der Waals surface area contributed by atoms with E-state index in [0.29, 0.717) is 19.3 Å². The van der Waals surface area contributed by atoms with Crippen molar-refractivity contribution >= 4 is 11.9 Å². The summed E-state index contributed by atoms with van der Waals surface area (Å²) >= 11 is 0. The van der Waals surface area contributed by atoms with Crippen molar-refractivity contribution in [2.24, 2.45) is 0 Å². The highest BCUT2D eigenvalue weighted by Crippen LogP contribution is 2.21. The van der Waals surface area contributed by atoms with E-state index in [0.717, 1.165) is 22.6 Å². The summed E-state index contributed by atoms with van der Waals surface area (Å²) in [6.45, 7) is 4.16. The van der Waals surface area contributed by atoms with Crippen molar-refractivity contribution in [3.63, 3.8) is 0 Å². The van der Waals surface area contributed by atoms with Crippen LogP contribution >= 0.6 is 0 Å². The average Bonchev–Trinajstić information content (AvgIpc) is 3.11. The number of hydrogen-bond donors (Lipinski definition) is 1. The standard InChI is InChI=1S/C18H21N3O3/c1-3-14-13(16(4-2)24-20-14)11-21-17(22)15(19-18(21)23)10-12-8-6-5-7-9-12/h5-9,15H,3-4,10-11H2,1-2H3,(H,19,23)/t15-/m0/s1. The molecule has 3 amide bonds. The predicted molar refractivity (Wildman–Crippen MR) is 88.3 cm³/mol. The van der Waals surface area contributed by atoms with Crippen molar-refractivity contribution in [3.05, 3.63) is 52.9 Å². The van der Waals surface area contributed by atoms with Gasteiger partial charge in [0.05, 0.1) is 12.2 Å². The molecule has 24 heavy (non-hydrogen) atoms. The lowest BCUT2D eigenvalue weighted by molar-refractivity contribution is -0.127. The van der Waals surface area contributed by atoms with Gasteiger partial charge in [0.15, 0.2) is 0 Å². The molecular formula is C18H21N3O3. The number of carbonyl (C=O) groups is 2. The Kier molecular flexibility index (Phi) is 4.64. The van der Waals surface area contributed by atoms with Crippen LogP contribution in [0.5, 0.6) is 0 Å². The summed E-state index contributed by atoms with van der Waals surface area (Å²) in [6.07, 6.45) is 1.88. The number of imide groups is 1. The number of benzene rings is 1. The Balaban J connectivity index is 1.76. The number of carbonyl (C=O) groups excluding carboxylic acids is 2. The Morgan fingerprint density at radius 1 is 1.17 bits per heavy atom. The molecule has 0 aliphatic carbocycles. The molecule has 1 fully saturated rings. The molecule has 126 valence electrons. The van der Waals surface area contributed by atoms with E-state index in [1.165, 1.54) is 4.90 Å². The third-order valence-corrected chi connectivity index (χ3v) is 4.31. The number of hydrogen-bond acceptors (Lipinski definition) is 4. The van der Waals surface area contributed by atoms with E-state index in [2.05, 4.69) is 10.5 Å². The molecule has 1 aliphatic rings. The van der Waals surface area contributed by atoms with E-state index in [-0.39, 0.29) is 18.5 Å². The van der Waals surface area contributed by atoms with Gasteiger partial charge in [-0.2, -0.15) is 0 Å². The number of rotatable bonds is 6. The number of amides is 3. The van der Waals surface area contributed by atoms with E-state index in [1.54, 1.807) is 0 Å². The molecule has 1 aromatic heterocycles. The lowest BCUT2D eigenvalue weighted by Crippen LogP contribution is -2.32. The van der Waals surface area contributed by atoms with Crippen LogP contribution in [0, 0.1) is 0 Å². The highest BCUT2D eigenvalue weighted by molar-refractivity contribution is 6.04. The van der Waals surface area contributed by atoms with Gasteiger partial charge in [-0.05, 0) is 12.0 Å². The van der Waals surface area contributed by atoms with E-state index in [4.69, 9.17) is 4.52 Å². The van der Waals surface area contributed by atoms with E-state index >= 15 is 0 Å². The van der Waals surface area contributed by atoms with Gasteiger partial charge in [0.2, 0.25) is 0 Å². The van der Waals surface area contributed by atoms with Crippen LogP contribution in [0.25, 0.3) is 0 Å². The molecule has 0 bridgehead atoms. The molecular weight excluding hydrogens is 306 g/mol. The van der Waals surface area contributed by atoms with E-state index in [9.17, 15) is 9.59 Å². The molecule has 1 aliphatic heterocycles. The Hall–Kier alpha value is -2.63. The summed E-state index contributed by atoms with van der Waals surface area (Å²) in [7, 11) is 0. The fraction of sp³-hybridized carbons (Fsp3) is 0.389. The van der Waals surface area contributed by atoms with Crippen molar-refractivity contribution in [1.82, 2.24) is 15.4 Å². The lowest BCUT2D eigenvalue weighted by atomic mass is 10.1. The highest BCUT2D eigenvalue weighted by atomic mass is 16.5. The van der Waals surface area contributed by atoms with Gasteiger partial charge in [0, 0.05) is 18.4 Å². The Bertz CT molecular complexity index is 718. The third kappa shape index (κ3) is 3.04. The highest BCUT2D eigenvalue weighted by Gasteiger charge is 2.38. The first kappa shape index (κ1) is 16.2. The van der Waals surface area contributed by atoms with Crippen molar-refractivity contribution in [1.29, 1.82) is 0 Å². The van der Waals surface area contributed by atoms with Gasteiger partial charge in [-0.3, -0.25) is 9.69 Å². The second-order valence-electron chi connectivity index (χ2n) is 5.85. The zero-order valence-electron chi connectivity index (χ0n) is 13.9. The minimum absolute atomic E-state index is 0.200. The summed E-state index contributed by atoms with van der Waals surface area (Å²) in [4.78, 5) is 26.2. The molecule has 2 aromatic rings. The number of urea groups is 1. The maximum Gasteiger partial charge on any atom is 0.325 e. The van der Waals surface area contributed by atoms with Crippen molar-refractivity contribution in [2.45, 2.75) is 45.7 Å². The maximum absolute atomic E-state index is 12.6. The van der Waals surface area contributed by atoms with Gasteiger partial charge in [0.25, 0.3) is 5.91 Å². The summed E-state index contributed by atoms with van der Waals surface area (Å²) in [5, 5.41) is 6.82. The molecule has 1 saturated heterocycles. The van der Waals surface area contributed by atoms with E-state index in [1.807, 2.05) is 44.2 Å². The number of nitrogens with zero attached hydrogens (tertiary/aromatic N) is 2. The van der Waals surface area contributed by atoms with Gasteiger partial charge in [-0.15, -0.1) is 0 Å². The zero-order chi connectivity index (χ0) is 17.1. The molecule has 6 heteroatoms. The fourth-order valence-electron chi connectivity index (χ4n) is 2.99. The second kappa shape index (κ2) is 6.86. The number of aryl methyl sites for hydroxylation is 2. The Morgan fingerprint density at radius 3 is 2.58 bits per heavy atom. The van der Waals surface area contributed by atoms with Crippen LogP contribution in [-0.2, 0) is 30.6 Å². The van der Waals surface area contributed by atoms with Crippen molar-refractivity contribution in [2.75, 3.05) is 0 Å². The lowest BCUT2D eigenvalue weighted by Gasteiger charge is -2.13. The molecule has 2 heterocycles. The normalized spacial score (nSPS) is 17.4. The second-order valence-corrected chi connectivity index (χ2v) is 5.85. The first-order chi connectivity index (χ1) is 11.6. The largest absolute Gasteiger partial charge is 0.361 e. The zero-order valence-corrected chi connectivity index (χ0v) is 13.9. The predicted octanol–water partition coefficient (Wildman–Crippen LogP) is 2.46. The van der Waals surface area contributed by atoms with Crippen LogP contribution in [0.4, 0.5) is 4.79 Å². The van der Waals surface area contributed by atoms with Crippen molar-refractivity contribution in [3.8, 4) is 0 Å². The van der Waals surface area contributed by atoms with Crippen LogP contribution in [-0.4, -0.2) is 28.0 Å². The molecule has 0 spiro atoms. The number of nitrogens with one attached hydrogen (secondary N) is 1. The summed E-state index contributed by atoms with van der Waals surface area (Å²) in [5.41, 5.74) is 2.68. The van der Waals surface area contributed by atoms with Crippen LogP contribution in [0.1, 0.15) is 36.4 Å². The Labute approximate surface area is 140 Å². The minimum Gasteiger partial charge on any atom is -0.361 e. The quantitative estimate of drug-likeness (QED) is 0.827. The summed E-state index contributed by atoms with van der Waals surface area (Å²) < 4.78 is 5.32. The third-order valence-electron chi connectivity index (χ3n) is 4.31. The van der Waals surface area contributed by atoms with Crippen LogP contribution in [0.2, 0.25) is 0 Å². The smallest absolute Gasteiger partial charge is 0.325 e. The molecule has 0 saturated carbocycles. The molecule has 1 atom stereocenters. The van der Waals surface area contributed by atoms with Gasteiger partial charge in [-0.1, -0.05) is 49.3 Å². The van der Waals surface area contributed by atoms with Crippen LogP contribution in [0.3, 0.4) is 0 Å². The van der Waals surface area contributed by atoms with Crippen LogP contribution in [0.15, 0.2) is 34.9 Å².